The summed E-state index contributed by atoms with van der Waals surface area (Å²) in [6, 6.07) is 14.1. The van der Waals surface area contributed by atoms with Crippen LogP contribution in [0, 0.1) is 6.92 Å². The van der Waals surface area contributed by atoms with Crippen LogP contribution in [0.4, 0.5) is 4.79 Å². The Balaban J connectivity index is 1.71. The predicted molar refractivity (Wildman–Crippen MR) is 119 cm³/mol. The van der Waals surface area contributed by atoms with E-state index in [2.05, 4.69) is 15.5 Å². The summed E-state index contributed by atoms with van der Waals surface area (Å²) in [5.41, 5.74) is 5.81. The van der Waals surface area contributed by atoms with E-state index < -0.39 is 12.1 Å². The number of nitrogens with zero attached hydrogens (tertiary/aromatic N) is 5. The van der Waals surface area contributed by atoms with Crippen molar-refractivity contribution in [1.29, 1.82) is 0 Å². The number of fused-ring (bicyclic) bond motifs is 1. The quantitative estimate of drug-likeness (QED) is 0.453. The number of hydrazone groups is 1. The van der Waals surface area contributed by atoms with Gasteiger partial charge in [-0.3, -0.25) is 14.6 Å². The van der Waals surface area contributed by atoms with Crippen molar-refractivity contribution >= 4 is 41.5 Å². The molecular weight excluding hydrogens is 416 g/mol. The molecule has 31 heavy (non-hydrogen) atoms. The maximum absolute atomic E-state index is 13.0. The monoisotopic (exact) mass is 437 g/mol. The molecule has 0 radical (unpaired) electrons. The first-order valence-electron chi connectivity index (χ1n) is 9.74. The molecule has 0 aromatic heterocycles. The van der Waals surface area contributed by atoms with Crippen LogP contribution >= 0.6 is 11.6 Å². The van der Waals surface area contributed by atoms with Gasteiger partial charge in [-0.2, -0.15) is 5.43 Å². The molecule has 0 bridgehead atoms. The lowest BCUT2D eigenvalue weighted by atomic mass is 10.1. The molecule has 1 atom stereocenters. The predicted octanol–water partition coefficient (Wildman–Crippen LogP) is 2.45. The number of aryl methyl sites for hydroxylation is 1. The van der Waals surface area contributed by atoms with Crippen LogP contribution in [0.2, 0.25) is 5.02 Å². The molecule has 9 heteroatoms. The zero-order valence-electron chi connectivity index (χ0n) is 17.4. The van der Waals surface area contributed by atoms with Crippen LogP contribution in [0.5, 0.6) is 0 Å². The van der Waals surface area contributed by atoms with Crippen molar-refractivity contribution in [2.45, 2.75) is 19.5 Å². The molecule has 4 rings (SSSR count). The second-order valence-corrected chi connectivity index (χ2v) is 7.79. The molecule has 0 saturated carbocycles. The second-order valence-electron chi connectivity index (χ2n) is 7.38. The van der Waals surface area contributed by atoms with E-state index in [9.17, 15) is 9.59 Å². The Morgan fingerprint density at radius 1 is 1.13 bits per heavy atom. The lowest BCUT2D eigenvalue weighted by Crippen LogP contribution is -2.61. The second kappa shape index (κ2) is 8.31. The van der Waals surface area contributed by atoms with Gasteiger partial charge < -0.3 is 0 Å². The molecule has 1 N–H and O–H groups in total. The van der Waals surface area contributed by atoms with Crippen LogP contribution in [0.15, 0.2) is 58.6 Å². The molecule has 2 aromatic rings. The topological polar surface area (TPSA) is 80.4 Å². The van der Waals surface area contributed by atoms with Crippen LogP contribution in [0.1, 0.15) is 16.7 Å². The third kappa shape index (κ3) is 3.82. The van der Waals surface area contributed by atoms with Crippen molar-refractivity contribution in [3.05, 3.63) is 70.2 Å². The van der Waals surface area contributed by atoms with E-state index in [1.165, 1.54) is 11.9 Å². The van der Waals surface area contributed by atoms with E-state index in [1.54, 1.807) is 19.3 Å². The fraction of sp³-hybridized carbons (Fsp3) is 0.227. The van der Waals surface area contributed by atoms with Gasteiger partial charge in [0.15, 0.2) is 0 Å². The van der Waals surface area contributed by atoms with Gasteiger partial charge in [0.05, 0.1) is 12.8 Å². The molecule has 2 aliphatic rings. The van der Waals surface area contributed by atoms with E-state index in [0.29, 0.717) is 23.4 Å². The first kappa shape index (κ1) is 20.7. The summed E-state index contributed by atoms with van der Waals surface area (Å²) in [5.74, 6) is 0.425. The first-order valence-corrected chi connectivity index (χ1v) is 10.1. The standard InChI is InChI=1S/C22H21ClN6O2/c1-14-8-4-5-10-16(14)13-29-18-19(27(2)22(31)28(3)20(18)30)25-21(29)26-24-12-15-9-6-7-11-17(15)23/h4-12,18H,13H2,1-3H3/p+1/b24-12+. The molecule has 3 amide bonds. The number of benzene rings is 2. The van der Waals surface area contributed by atoms with Gasteiger partial charge in [0.1, 0.15) is 0 Å². The van der Waals surface area contributed by atoms with Gasteiger partial charge in [0, 0.05) is 24.7 Å². The lowest BCUT2D eigenvalue weighted by Gasteiger charge is -2.31. The van der Waals surface area contributed by atoms with Gasteiger partial charge in [0.2, 0.25) is 11.9 Å². The number of halogens is 1. The number of nitrogens with one attached hydrogen (secondary N) is 1. The summed E-state index contributed by atoms with van der Waals surface area (Å²) < 4.78 is 1.82. The molecule has 1 fully saturated rings. The van der Waals surface area contributed by atoms with Gasteiger partial charge in [-0.1, -0.05) is 59.1 Å². The number of rotatable bonds is 4. The molecule has 8 nitrogen and oxygen atoms in total. The van der Waals surface area contributed by atoms with E-state index in [0.717, 1.165) is 21.6 Å². The van der Waals surface area contributed by atoms with Crippen molar-refractivity contribution in [3.8, 4) is 0 Å². The van der Waals surface area contributed by atoms with E-state index in [1.807, 2.05) is 54.0 Å². The molecule has 2 aromatic carbocycles. The Morgan fingerprint density at radius 3 is 2.58 bits per heavy atom. The number of carbonyl (C=O) groups is 2. The number of aliphatic imine (C=N–C) groups is 1. The van der Waals surface area contributed by atoms with Gasteiger partial charge in [0.25, 0.3) is 5.91 Å². The average Bonchev–Trinajstić information content (AvgIpc) is 3.12. The average molecular weight is 438 g/mol. The number of amidine groups is 1. The fourth-order valence-electron chi connectivity index (χ4n) is 3.56. The largest absolute Gasteiger partial charge is 0.414 e. The fourth-order valence-corrected chi connectivity index (χ4v) is 3.75. The summed E-state index contributed by atoms with van der Waals surface area (Å²) in [6.45, 7) is 2.44. The molecule has 1 saturated heterocycles. The number of imide groups is 1. The molecule has 2 heterocycles. The number of amides is 3. The van der Waals surface area contributed by atoms with Crippen molar-refractivity contribution in [2.24, 2.45) is 10.1 Å². The van der Waals surface area contributed by atoms with Crippen LogP contribution in [0.3, 0.4) is 0 Å². The van der Waals surface area contributed by atoms with E-state index in [4.69, 9.17) is 11.6 Å². The molecule has 2 aliphatic heterocycles. The third-order valence-electron chi connectivity index (χ3n) is 5.41. The molecule has 0 spiro atoms. The summed E-state index contributed by atoms with van der Waals surface area (Å²) in [6.07, 6.45) is 1.59. The smallest absolute Gasteiger partial charge is 0.270 e. The molecule has 1 unspecified atom stereocenters. The van der Waals surface area contributed by atoms with Crippen molar-refractivity contribution in [1.82, 2.24) is 15.2 Å². The summed E-state index contributed by atoms with van der Waals surface area (Å²) in [4.78, 5) is 32.4. The van der Waals surface area contributed by atoms with E-state index >= 15 is 0 Å². The summed E-state index contributed by atoms with van der Waals surface area (Å²) >= 11 is 6.18. The maximum atomic E-state index is 13.0. The van der Waals surface area contributed by atoms with E-state index in [-0.39, 0.29) is 5.91 Å². The Hall–Kier alpha value is -3.52. The van der Waals surface area contributed by atoms with Crippen LogP contribution in [-0.4, -0.2) is 64.5 Å². The van der Waals surface area contributed by atoms with Crippen LogP contribution in [-0.2, 0) is 11.3 Å². The lowest BCUT2D eigenvalue weighted by molar-refractivity contribution is -0.553. The van der Waals surface area contributed by atoms with Gasteiger partial charge in [-0.15, -0.1) is 5.10 Å². The zero-order chi connectivity index (χ0) is 22.1. The molecular formula is C22H22ClN6O2+. The number of likely N-dealkylation sites (N-methyl/N-ethyl adjacent to an activating group) is 2. The van der Waals surface area contributed by atoms with Crippen LogP contribution < -0.4 is 5.43 Å². The van der Waals surface area contributed by atoms with Crippen molar-refractivity contribution in [2.75, 3.05) is 14.1 Å². The minimum atomic E-state index is -0.717. The Morgan fingerprint density at radius 2 is 1.84 bits per heavy atom. The number of hydrogen-bond acceptors (Lipinski definition) is 5. The van der Waals surface area contributed by atoms with Gasteiger partial charge >= 0.3 is 12.0 Å². The highest BCUT2D eigenvalue weighted by atomic mass is 35.5. The first-order chi connectivity index (χ1) is 14.9. The summed E-state index contributed by atoms with van der Waals surface area (Å²) in [5, 5.41) is 4.84. The Labute approximate surface area is 185 Å². The van der Waals surface area contributed by atoms with Crippen LogP contribution in [0.25, 0.3) is 0 Å². The normalized spacial score (nSPS) is 18.7. The minimum Gasteiger partial charge on any atom is -0.270 e. The number of carbonyl (C=O) groups excluding carboxylic acids is 2. The summed E-state index contributed by atoms with van der Waals surface area (Å²) in [7, 11) is 3.09. The minimum absolute atomic E-state index is 0.331. The maximum Gasteiger partial charge on any atom is 0.414 e. The zero-order valence-corrected chi connectivity index (χ0v) is 18.2. The number of hydrogen-bond donors (Lipinski definition) is 1. The van der Waals surface area contributed by atoms with Gasteiger partial charge in [-0.05, 0) is 24.1 Å². The Bertz CT molecular complexity index is 1160. The van der Waals surface area contributed by atoms with Crippen molar-refractivity contribution in [3.63, 3.8) is 0 Å². The molecule has 0 aliphatic carbocycles. The highest BCUT2D eigenvalue weighted by Gasteiger charge is 2.51. The van der Waals surface area contributed by atoms with Gasteiger partial charge in [-0.25, -0.2) is 9.37 Å². The molecule has 158 valence electrons. The van der Waals surface area contributed by atoms with Crippen molar-refractivity contribution < 1.29 is 14.2 Å². The highest BCUT2D eigenvalue weighted by molar-refractivity contribution is 6.33. The SMILES string of the molecule is Cc1ccccc1C[N+]1=C(N/N=C/c2ccccc2Cl)N=C2C1C(=O)N(C)C(=O)N2C. The number of guanidine groups is 1. The third-order valence-corrected chi connectivity index (χ3v) is 5.75. The Kier molecular flexibility index (Phi) is 5.56. The highest BCUT2D eigenvalue weighted by Crippen LogP contribution is 2.21. The number of urea groups is 1.